The van der Waals surface area contributed by atoms with Crippen molar-refractivity contribution in [2.75, 3.05) is 0 Å². The van der Waals surface area contributed by atoms with E-state index in [1.54, 1.807) is 0 Å². The lowest BCUT2D eigenvalue weighted by Gasteiger charge is -2.19. The van der Waals surface area contributed by atoms with Crippen LogP contribution in [-0.4, -0.2) is 20.4 Å². The number of aromatic nitrogens is 4. The summed E-state index contributed by atoms with van der Waals surface area (Å²) in [6.45, 7) is 6.72. The van der Waals surface area contributed by atoms with Crippen molar-refractivity contribution >= 4 is 0 Å². The largest absolute Gasteiger partial charge is 0.416 e. The number of rotatable bonds is 9. The molecule has 2 heterocycles. The van der Waals surface area contributed by atoms with Crippen LogP contribution >= 0.6 is 0 Å². The van der Waals surface area contributed by atoms with Gasteiger partial charge in [0.25, 0.3) is 0 Å². The Labute approximate surface area is 361 Å². The van der Waals surface area contributed by atoms with Crippen LogP contribution in [0.4, 0.5) is 0 Å². The summed E-state index contributed by atoms with van der Waals surface area (Å²) in [7, 11) is 0. The normalized spacial score (nSPS) is 11.5. The first-order valence-electron chi connectivity index (χ1n) is 20.8. The van der Waals surface area contributed by atoms with E-state index >= 15 is 0 Å². The lowest BCUT2D eigenvalue weighted by Crippen LogP contribution is -2.10. The fourth-order valence-electron chi connectivity index (χ4n) is 7.95. The van der Waals surface area contributed by atoms with E-state index < -0.39 is 0 Å². The number of hydrogen-bond acceptors (Lipinski definition) is 6. The van der Waals surface area contributed by atoms with Crippen LogP contribution in [0.3, 0.4) is 0 Å². The summed E-state index contributed by atoms with van der Waals surface area (Å²) in [6, 6.07) is 69.2. The van der Waals surface area contributed by atoms with Gasteiger partial charge in [0.15, 0.2) is 0 Å². The third-order valence-electron chi connectivity index (χ3n) is 11.3. The molecular formula is C56H42N4O2. The average molecular weight is 803 g/mol. The molecule has 10 rings (SSSR count). The van der Waals surface area contributed by atoms with E-state index in [4.69, 9.17) is 8.83 Å². The number of benzene rings is 8. The molecule has 0 saturated heterocycles. The molecule has 0 aliphatic carbocycles. The molecule has 0 aliphatic rings. The maximum atomic E-state index is 6.32. The molecule has 0 bridgehead atoms. The van der Waals surface area contributed by atoms with Crippen molar-refractivity contribution < 1.29 is 8.83 Å². The van der Waals surface area contributed by atoms with Crippen molar-refractivity contribution in [2.24, 2.45) is 0 Å². The summed E-state index contributed by atoms with van der Waals surface area (Å²) in [6.07, 6.45) is 0. The molecule has 6 nitrogen and oxygen atoms in total. The van der Waals surface area contributed by atoms with Crippen LogP contribution in [0.5, 0.6) is 0 Å². The molecule has 0 radical (unpaired) electrons. The molecule has 8 aromatic carbocycles. The zero-order valence-electron chi connectivity index (χ0n) is 34.7. The van der Waals surface area contributed by atoms with Crippen LogP contribution in [0.2, 0.25) is 0 Å². The Morgan fingerprint density at radius 1 is 0.274 bits per heavy atom. The highest BCUT2D eigenvalue weighted by molar-refractivity contribution is 5.98. The Morgan fingerprint density at radius 3 is 1.11 bits per heavy atom. The Kier molecular flexibility index (Phi) is 10.0. The van der Waals surface area contributed by atoms with Crippen molar-refractivity contribution in [3.05, 3.63) is 206 Å². The van der Waals surface area contributed by atoms with Gasteiger partial charge in [0.1, 0.15) is 0 Å². The fourth-order valence-corrected chi connectivity index (χ4v) is 7.95. The molecular weight excluding hydrogens is 761 g/mol. The second kappa shape index (κ2) is 16.2. The van der Waals surface area contributed by atoms with Gasteiger partial charge in [-0.15, -0.1) is 20.4 Å². The predicted molar refractivity (Wildman–Crippen MR) is 250 cm³/mol. The van der Waals surface area contributed by atoms with Gasteiger partial charge in [-0.2, -0.15) is 0 Å². The maximum Gasteiger partial charge on any atom is 0.248 e. The van der Waals surface area contributed by atoms with Gasteiger partial charge in [-0.25, -0.2) is 0 Å². The zero-order chi connectivity index (χ0) is 42.0. The molecule has 0 amide bonds. The Morgan fingerprint density at radius 2 is 0.613 bits per heavy atom. The van der Waals surface area contributed by atoms with Crippen LogP contribution in [0.1, 0.15) is 26.3 Å². The summed E-state index contributed by atoms with van der Waals surface area (Å²) >= 11 is 0. The minimum atomic E-state index is 0.0825. The summed E-state index contributed by atoms with van der Waals surface area (Å²) in [4.78, 5) is 0. The second-order valence-corrected chi connectivity index (χ2v) is 16.4. The smallest absolute Gasteiger partial charge is 0.248 e. The Balaban J connectivity index is 1.14. The first kappa shape index (κ1) is 38.3. The highest BCUT2D eigenvalue weighted by Crippen LogP contribution is 2.45. The quantitative estimate of drug-likeness (QED) is 0.145. The van der Waals surface area contributed by atoms with E-state index in [0.717, 1.165) is 72.3 Å². The minimum absolute atomic E-state index is 0.0825. The Hall–Kier alpha value is -7.96. The predicted octanol–water partition coefficient (Wildman–Crippen LogP) is 14.8. The van der Waals surface area contributed by atoms with Gasteiger partial charge >= 0.3 is 0 Å². The lowest BCUT2D eigenvalue weighted by atomic mass is 9.85. The van der Waals surface area contributed by atoms with E-state index in [-0.39, 0.29) is 5.41 Å². The fraction of sp³-hybridized carbons (Fsp3) is 0.0714. The van der Waals surface area contributed by atoms with Crippen molar-refractivity contribution in [1.82, 2.24) is 20.4 Å². The van der Waals surface area contributed by atoms with E-state index in [1.165, 1.54) is 11.1 Å². The highest BCUT2D eigenvalue weighted by Gasteiger charge is 2.21. The van der Waals surface area contributed by atoms with E-state index in [2.05, 4.69) is 175 Å². The standard InChI is InChI=1S/C56H42N4O2/c1-56(2,3)45-31-27-38(28-32-45)37-23-25-40(26-24-37)50-35-43(54-59-57-52(61-54)41-17-9-5-10-18-41)29-33-48(50)49-34-30-44(55-60-58-53(62-55)42-19-11-6-12-20-42)36-51(49)47-22-14-13-21-46(47)39-15-7-4-8-16-39/h4-36H,1-3H3. The minimum Gasteiger partial charge on any atom is -0.416 e. The van der Waals surface area contributed by atoms with Gasteiger partial charge in [-0.1, -0.05) is 172 Å². The monoisotopic (exact) mass is 802 g/mol. The lowest BCUT2D eigenvalue weighted by molar-refractivity contribution is 0.584. The zero-order valence-corrected chi connectivity index (χ0v) is 34.7. The second-order valence-electron chi connectivity index (χ2n) is 16.4. The summed E-state index contributed by atoms with van der Waals surface area (Å²) in [5.74, 6) is 1.84. The van der Waals surface area contributed by atoms with Crippen molar-refractivity contribution in [1.29, 1.82) is 0 Å². The highest BCUT2D eigenvalue weighted by atomic mass is 16.4. The molecule has 6 heteroatoms. The average Bonchev–Trinajstić information content (AvgIpc) is 4.04. The van der Waals surface area contributed by atoms with E-state index in [0.29, 0.717) is 23.6 Å². The number of nitrogens with zero attached hydrogens (tertiary/aromatic N) is 4. The SMILES string of the molecule is CC(C)(C)c1ccc(-c2ccc(-c3cc(-c4nnc(-c5ccccc5)o4)ccc3-c3ccc(-c4nnc(-c5ccccc5)o4)cc3-c3ccccc3-c3ccccc3)cc2)cc1. The molecule has 2 aromatic heterocycles. The first-order chi connectivity index (χ1) is 30.4. The van der Waals surface area contributed by atoms with Gasteiger partial charge < -0.3 is 8.83 Å². The molecule has 0 aliphatic heterocycles. The van der Waals surface area contributed by atoms with Gasteiger partial charge in [-0.05, 0) is 115 Å². The maximum absolute atomic E-state index is 6.32. The van der Waals surface area contributed by atoms with Crippen molar-refractivity contribution in [3.8, 4) is 101 Å². The van der Waals surface area contributed by atoms with Gasteiger partial charge in [0.2, 0.25) is 23.6 Å². The molecule has 0 atom stereocenters. The molecule has 298 valence electrons. The third-order valence-corrected chi connectivity index (χ3v) is 11.3. The van der Waals surface area contributed by atoms with Crippen LogP contribution in [0.25, 0.3) is 101 Å². The third kappa shape index (κ3) is 7.66. The molecule has 0 unspecified atom stereocenters. The summed E-state index contributed by atoms with van der Waals surface area (Å²) in [5, 5.41) is 17.9. The molecule has 62 heavy (non-hydrogen) atoms. The topological polar surface area (TPSA) is 77.8 Å². The van der Waals surface area contributed by atoms with Crippen molar-refractivity contribution in [2.45, 2.75) is 26.2 Å². The Bertz CT molecular complexity index is 3130. The number of hydrogen-bond donors (Lipinski definition) is 0. The van der Waals surface area contributed by atoms with E-state index in [9.17, 15) is 0 Å². The molecule has 10 aromatic rings. The van der Waals surface area contributed by atoms with Crippen LogP contribution < -0.4 is 0 Å². The van der Waals surface area contributed by atoms with Crippen LogP contribution in [-0.2, 0) is 5.41 Å². The van der Waals surface area contributed by atoms with Gasteiger partial charge in [0.05, 0.1) is 0 Å². The molecule has 0 N–H and O–H groups in total. The summed E-state index contributed by atoms with van der Waals surface area (Å²) in [5.41, 5.74) is 15.6. The molecule has 0 saturated carbocycles. The van der Waals surface area contributed by atoms with E-state index in [1.807, 2.05) is 66.7 Å². The van der Waals surface area contributed by atoms with Crippen LogP contribution in [0, 0.1) is 0 Å². The van der Waals surface area contributed by atoms with Crippen LogP contribution in [0.15, 0.2) is 209 Å². The molecule has 0 spiro atoms. The first-order valence-corrected chi connectivity index (χ1v) is 20.8. The van der Waals surface area contributed by atoms with Gasteiger partial charge in [0, 0.05) is 22.3 Å². The van der Waals surface area contributed by atoms with Gasteiger partial charge in [-0.3, -0.25) is 0 Å². The molecule has 0 fully saturated rings. The van der Waals surface area contributed by atoms with Crippen molar-refractivity contribution in [3.63, 3.8) is 0 Å². The summed E-state index contributed by atoms with van der Waals surface area (Å²) < 4.78 is 12.6.